The molecule has 0 saturated carbocycles. The van der Waals surface area contributed by atoms with Crippen molar-refractivity contribution in [1.29, 1.82) is 0 Å². The highest BCUT2D eigenvalue weighted by atomic mass is 19.1. The number of hydrogen-bond donors (Lipinski definition) is 4. The molecule has 5 atom stereocenters. The van der Waals surface area contributed by atoms with Gasteiger partial charge >= 0.3 is 17.6 Å². The third-order valence-electron chi connectivity index (χ3n) is 4.39. The molecule has 164 valence electrons. The Labute approximate surface area is 167 Å². The second-order valence-corrected chi connectivity index (χ2v) is 6.24. The summed E-state index contributed by atoms with van der Waals surface area (Å²) in [4.78, 5) is 40.8. The van der Waals surface area contributed by atoms with Gasteiger partial charge < -0.3 is 30.1 Å². The molecular weight excluding hydrogens is 411 g/mol. The van der Waals surface area contributed by atoms with Gasteiger partial charge in [0.15, 0.2) is 12.4 Å². The number of halogens is 1. The molecule has 0 spiro atoms. The van der Waals surface area contributed by atoms with Gasteiger partial charge in [-0.3, -0.25) is 9.36 Å². The van der Waals surface area contributed by atoms with Crippen molar-refractivity contribution in [2.75, 3.05) is 19.0 Å². The molecule has 4 N–H and O–H groups in total. The fraction of sp³-hybridized carbons (Fsp3) is 0.600. The van der Waals surface area contributed by atoms with Crippen LogP contribution in [-0.4, -0.2) is 74.6 Å². The van der Waals surface area contributed by atoms with Crippen LogP contribution in [0.3, 0.4) is 0 Å². The van der Waals surface area contributed by atoms with Crippen molar-refractivity contribution < 1.29 is 38.8 Å². The Morgan fingerprint density at radius 2 is 2.30 bits per heavy atom. The Kier molecular flexibility index (Phi) is 7.28. The summed E-state index contributed by atoms with van der Waals surface area (Å²) in [5.41, 5.74) is 5.17. The quantitative estimate of drug-likeness (QED) is 0.167. The molecular formula is C15H19FN6O8. The van der Waals surface area contributed by atoms with Crippen LogP contribution in [-0.2, 0) is 19.1 Å². The van der Waals surface area contributed by atoms with E-state index in [1.165, 1.54) is 0 Å². The zero-order chi connectivity index (χ0) is 22.5. The first kappa shape index (κ1) is 23.0. The summed E-state index contributed by atoms with van der Waals surface area (Å²) in [5.74, 6) is -2.10. The van der Waals surface area contributed by atoms with Gasteiger partial charge in [0, 0.05) is 17.5 Å². The predicted octanol–water partition coefficient (Wildman–Crippen LogP) is -0.712. The number of nitrogens with zero attached hydrogens (tertiary/aromatic N) is 5. The van der Waals surface area contributed by atoms with E-state index < -0.39 is 54.5 Å². The Balaban J connectivity index is 2.22. The molecule has 14 nitrogen and oxygen atoms in total. The van der Waals surface area contributed by atoms with E-state index in [1.54, 1.807) is 0 Å². The molecule has 0 aromatic carbocycles. The van der Waals surface area contributed by atoms with Crippen LogP contribution in [0.25, 0.3) is 10.4 Å². The van der Waals surface area contributed by atoms with E-state index in [-0.39, 0.29) is 18.7 Å². The number of esters is 1. The number of hydrogen-bond acceptors (Lipinski definition) is 10. The maximum atomic E-state index is 14.5. The number of azide groups is 1. The SMILES string of the molecule is COC(=O)CC[C@H](Nc1ccn([C@@H]2O[C@@](CO)(N=[N+]=[N-])[C@@H](O)[C@@H]2F)c(=O)n1)C(=O)O. The van der Waals surface area contributed by atoms with Crippen LogP contribution in [0.15, 0.2) is 22.2 Å². The van der Waals surface area contributed by atoms with E-state index in [0.717, 1.165) is 19.4 Å². The van der Waals surface area contributed by atoms with Crippen molar-refractivity contribution in [3.8, 4) is 0 Å². The second-order valence-electron chi connectivity index (χ2n) is 6.24. The van der Waals surface area contributed by atoms with E-state index >= 15 is 0 Å². The largest absolute Gasteiger partial charge is 0.480 e. The van der Waals surface area contributed by atoms with Crippen LogP contribution in [0.2, 0.25) is 0 Å². The minimum atomic E-state index is -2.32. The zero-order valence-corrected chi connectivity index (χ0v) is 15.6. The molecule has 2 heterocycles. The summed E-state index contributed by atoms with van der Waals surface area (Å²) in [7, 11) is 1.15. The van der Waals surface area contributed by atoms with Gasteiger partial charge in [0.1, 0.15) is 18.0 Å². The molecule has 1 aliphatic rings. The number of aliphatic carboxylic acids is 1. The van der Waals surface area contributed by atoms with Crippen LogP contribution in [0, 0.1) is 0 Å². The van der Waals surface area contributed by atoms with Gasteiger partial charge in [-0.1, -0.05) is 5.11 Å². The van der Waals surface area contributed by atoms with Gasteiger partial charge in [0.2, 0.25) is 5.72 Å². The molecule has 1 aromatic heterocycles. The summed E-state index contributed by atoms with van der Waals surface area (Å²) >= 11 is 0. The van der Waals surface area contributed by atoms with Gasteiger partial charge in [-0.2, -0.15) is 4.98 Å². The molecule has 2 rings (SSSR count). The Hall–Kier alpha value is -3.26. The number of aromatic nitrogens is 2. The maximum Gasteiger partial charge on any atom is 0.351 e. The molecule has 15 heteroatoms. The zero-order valence-electron chi connectivity index (χ0n) is 15.6. The minimum Gasteiger partial charge on any atom is -0.480 e. The molecule has 1 aromatic rings. The molecule has 0 bridgehead atoms. The third-order valence-corrected chi connectivity index (χ3v) is 4.39. The van der Waals surface area contributed by atoms with Gasteiger partial charge in [-0.05, 0) is 18.0 Å². The first-order chi connectivity index (χ1) is 14.2. The van der Waals surface area contributed by atoms with Crippen molar-refractivity contribution in [3.63, 3.8) is 0 Å². The van der Waals surface area contributed by atoms with E-state index in [0.29, 0.717) is 4.57 Å². The highest BCUT2D eigenvalue weighted by molar-refractivity contribution is 5.78. The van der Waals surface area contributed by atoms with Crippen LogP contribution in [0.1, 0.15) is 19.1 Å². The van der Waals surface area contributed by atoms with Gasteiger partial charge in [0.05, 0.1) is 13.7 Å². The van der Waals surface area contributed by atoms with Crippen LogP contribution >= 0.6 is 0 Å². The van der Waals surface area contributed by atoms with E-state index in [4.69, 9.17) is 10.3 Å². The number of carboxylic acid groups (broad SMARTS) is 1. The minimum absolute atomic E-state index is 0.150. The number of anilines is 1. The lowest BCUT2D eigenvalue weighted by Gasteiger charge is -2.23. The highest BCUT2D eigenvalue weighted by Gasteiger charge is 2.56. The Bertz CT molecular complexity index is 905. The fourth-order valence-electron chi connectivity index (χ4n) is 2.77. The number of alkyl halides is 1. The topological polar surface area (TPSA) is 209 Å². The number of rotatable bonds is 9. The number of nitrogens with one attached hydrogen (secondary N) is 1. The first-order valence-electron chi connectivity index (χ1n) is 8.51. The average Bonchev–Trinajstić information content (AvgIpc) is 2.96. The molecule has 30 heavy (non-hydrogen) atoms. The number of carboxylic acids is 1. The molecule has 1 aliphatic heterocycles. The van der Waals surface area contributed by atoms with Gasteiger partial charge in [-0.25, -0.2) is 14.0 Å². The number of ether oxygens (including phenoxy) is 2. The van der Waals surface area contributed by atoms with Crippen LogP contribution < -0.4 is 11.0 Å². The van der Waals surface area contributed by atoms with Gasteiger partial charge in [0.25, 0.3) is 0 Å². The highest BCUT2D eigenvalue weighted by Crippen LogP contribution is 2.39. The summed E-state index contributed by atoms with van der Waals surface area (Å²) in [6.45, 7) is -1.04. The van der Waals surface area contributed by atoms with E-state index in [9.17, 15) is 34.1 Å². The van der Waals surface area contributed by atoms with Crippen molar-refractivity contribution >= 4 is 17.8 Å². The lowest BCUT2D eigenvalue weighted by molar-refractivity contribution is -0.141. The molecule has 1 fully saturated rings. The lowest BCUT2D eigenvalue weighted by Crippen LogP contribution is -2.43. The van der Waals surface area contributed by atoms with Crippen molar-refractivity contribution in [2.24, 2.45) is 5.11 Å². The van der Waals surface area contributed by atoms with E-state index in [1.807, 2.05) is 0 Å². The average molecular weight is 430 g/mol. The Morgan fingerprint density at radius 3 is 2.83 bits per heavy atom. The van der Waals surface area contributed by atoms with E-state index in [2.05, 4.69) is 25.1 Å². The molecule has 0 radical (unpaired) electrons. The number of aliphatic hydroxyl groups excluding tert-OH is 2. The van der Waals surface area contributed by atoms with Crippen molar-refractivity contribution in [2.45, 2.75) is 43.1 Å². The number of carbonyl (C=O) groups is 2. The molecule has 0 amide bonds. The molecule has 0 unspecified atom stereocenters. The lowest BCUT2D eigenvalue weighted by atomic mass is 10.1. The molecule has 1 saturated heterocycles. The maximum absolute atomic E-state index is 14.5. The fourth-order valence-corrected chi connectivity index (χ4v) is 2.77. The second kappa shape index (κ2) is 9.49. The summed E-state index contributed by atoms with van der Waals surface area (Å²) in [6.07, 6.45) is -5.39. The third kappa shape index (κ3) is 4.65. The first-order valence-corrected chi connectivity index (χ1v) is 8.51. The monoisotopic (exact) mass is 430 g/mol. The normalized spacial score (nSPS) is 26.5. The van der Waals surface area contributed by atoms with Crippen molar-refractivity contribution in [1.82, 2.24) is 9.55 Å². The summed E-state index contributed by atoms with van der Waals surface area (Å²) in [6, 6.07) is -0.123. The van der Waals surface area contributed by atoms with Crippen LogP contribution in [0.4, 0.5) is 10.2 Å². The summed E-state index contributed by atoms with van der Waals surface area (Å²) in [5, 5.41) is 34.1. The van der Waals surface area contributed by atoms with Gasteiger partial charge in [-0.15, -0.1) is 0 Å². The predicted molar refractivity (Wildman–Crippen MR) is 94.8 cm³/mol. The van der Waals surface area contributed by atoms with Crippen LogP contribution in [0.5, 0.6) is 0 Å². The number of carbonyl (C=O) groups excluding carboxylic acids is 1. The standard InChI is InChI=1S/C15H19FN6O8/c1-29-9(24)3-2-7(13(26)27)18-8-4-5-22(14(28)19-8)12-10(16)11(25)15(6-23,30-12)20-21-17/h4-5,7,10-12,23,25H,2-3,6H2,1H3,(H,26,27)(H,18,19,28)/t7-,10-,11-,12+,15+/m0/s1. The molecule has 0 aliphatic carbocycles. The number of aliphatic hydroxyl groups is 2. The smallest absolute Gasteiger partial charge is 0.351 e. The van der Waals surface area contributed by atoms with Crippen molar-refractivity contribution in [3.05, 3.63) is 33.2 Å². The summed E-state index contributed by atoms with van der Waals surface area (Å²) < 4.78 is 24.7. The number of methoxy groups -OCH3 is 1. The Morgan fingerprint density at radius 1 is 1.60 bits per heavy atom.